The summed E-state index contributed by atoms with van der Waals surface area (Å²) in [6.45, 7) is 12.1. The Kier molecular flexibility index (Phi) is 5.44. The summed E-state index contributed by atoms with van der Waals surface area (Å²) in [5.41, 5.74) is -1.08. The largest absolute Gasteiger partial charge is 0.444 e. The third-order valence-electron chi connectivity index (χ3n) is 3.36. The molecule has 1 aliphatic heterocycles. The van der Waals surface area contributed by atoms with Crippen LogP contribution in [0, 0.1) is 5.92 Å². The Bertz CT molecular complexity index is 331. The summed E-state index contributed by atoms with van der Waals surface area (Å²) in [4.78, 5) is 11.9. The van der Waals surface area contributed by atoms with Crippen molar-refractivity contribution in [1.82, 2.24) is 5.32 Å². The molecule has 0 spiro atoms. The number of carbonyl (C=O) groups is 1. The average molecular weight is 287 g/mol. The minimum absolute atomic E-state index is 0.347. The predicted molar refractivity (Wildman–Crippen MR) is 77.6 cm³/mol. The number of alkyl carbamates (subject to hydrolysis) is 1. The SMILES string of the molecule is CC(C)CC[C@H](NC(=O)OC(C)(C)C)[C@@H](O)[C@]1(C)CO1. The van der Waals surface area contributed by atoms with Gasteiger partial charge < -0.3 is 19.9 Å². The zero-order valence-electron chi connectivity index (χ0n) is 13.5. The van der Waals surface area contributed by atoms with Gasteiger partial charge in [0, 0.05) is 0 Å². The molecule has 0 bridgehead atoms. The number of nitrogens with one attached hydrogen (secondary N) is 1. The Hall–Kier alpha value is -0.810. The molecule has 0 radical (unpaired) electrons. The van der Waals surface area contributed by atoms with E-state index in [1.54, 1.807) is 0 Å². The van der Waals surface area contributed by atoms with Crippen molar-refractivity contribution in [2.45, 2.75) is 77.7 Å². The van der Waals surface area contributed by atoms with Crippen molar-refractivity contribution in [2.75, 3.05) is 6.61 Å². The number of hydrogen-bond acceptors (Lipinski definition) is 4. The summed E-state index contributed by atoms with van der Waals surface area (Å²) in [7, 11) is 0. The van der Waals surface area contributed by atoms with Gasteiger partial charge >= 0.3 is 6.09 Å². The lowest BCUT2D eigenvalue weighted by atomic mass is 9.93. The van der Waals surface area contributed by atoms with Gasteiger partial charge in [-0.25, -0.2) is 4.79 Å². The van der Waals surface area contributed by atoms with Crippen molar-refractivity contribution in [3.8, 4) is 0 Å². The normalized spacial score (nSPS) is 25.2. The van der Waals surface area contributed by atoms with Crippen molar-refractivity contribution < 1.29 is 19.4 Å². The van der Waals surface area contributed by atoms with Gasteiger partial charge in [-0.1, -0.05) is 13.8 Å². The van der Waals surface area contributed by atoms with E-state index < -0.39 is 23.4 Å². The second-order valence-electron chi connectivity index (χ2n) is 7.27. The predicted octanol–water partition coefficient (Wildman–Crippen LogP) is 2.47. The lowest BCUT2D eigenvalue weighted by Gasteiger charge is -2.29. The van der Waals surface area contributed by atoms with Gasteiger partial charge in [-0.2, -0.15) is 0 Å². The van der Waals surface area contributed by atoms with Crippen LogP contribution in [-0.2, 0) is 9.47 Å². The van der Waals surface area contributed by atoms with Crippen LogP contribution in [0.1, 0.15) is 54.4 Å². The molecule has 0 saturated carbocycles. The van der Waals surface area contributed by atoms with E-state index in [9.17, 15) is 9.90 Å². The third kappa shape index (κ3) is 5.67. The van der Waals surface area contributed by atoms with Crippen molar-refractivity contribution >= 4 is 6.09 Å². The highest BCUT2D eigenvalue weighted by Gasteiger charge is 2.50. The monoisotopic (exact) mass is 287 g/mol. The first-order valence-corrected chi connectivity index (χ1v) is 7.35. The van der Waals surface area contributed by atoms with Crippen LogP contribution in [0.5, 0.6) is 0 Å². The zero-order chi connectivity index (χ0) is 15.6. The topological polar surface area (TPSA) is 71.1 Å². The number of carbonyl (C=O) groups excluding carboxylic acids is 1. The van der Waals surface area contributed by atoms with Gasteiger partial charge in [0.15, 0.2) is 0 Å². The van der Waals surface area contributed by atoms with E-state index in [2.05, 4.69) is 19.2 Å². The molecule has 1 heterocycles. The van der Waals surface area contributed by atoms with E-state index in [1.807, 2.05) is 27.7 Å². The smallest absolute Gasteiger partial charge is 0.407 e. The van der Waals surface area contributed by atoms with Crippen LogP contribution in [0.2, 0.25) is 0 Å². The number of epoxide rings is 1. The Labute approximate surface area is 122 Å². The summed E-state index contributed by atoms with van der Waals surface area (Å²) in [5, 5.41) is 13.2. The molecule has 5 nitrogen and oxygen atoms in total. The Morgan fingerprint density at radius 3 is 2.35 bits per heavy atom. The number of rotatable bonds is 6. The molecule has 5 heteroatoms. The van der Waals surface area contributed by atoms with Gasteiger partial charge in [-0.15, -0.1) is 0 Å². The highest BCUT2D eigenvalue weighted by Crippen LogP contribution is 2.33. The second kappa shape index (κ2) is 6.31. The van der Waals surface area contributed by atoms with Crippen molar-refractivity contribution in [1.29, 1.82) is 0 Å². The second-order valence-corrected chi connectivity index (χ2v) is 7.27. The molecule has 1 fully saturated rings. The van der Waals surface area contributed by atoms with Crippen LogP contribution in [0.3, 0.4) is 0 Å². The molecule has 1 amide bonds. The van der Waals surface area contributed by atoms with E-state index in [1.165, 1.54) is 0 Å². The summed E-state index contributed by atoms with van der Waals surface area (Å²) in [5.74, 6) is 0.512. The summed E-state index contributed by atoms with van der Waals surface area (Å²) < 4.78 is 10.5. The van der Waals surface area contributed by atoms with E-state index in [-0.39, 0.29) is 6.04 Å². The summed E-state index contributed by atoms with van der Waals surface area (Å²) in [6, 6.07) is -0.347. The molecule has 20 heavy (non-hydrogen) atoms. The maximum atomic E-state index is 11.9. The van der Waals surface area contributed by atoms with Gasteiger partial charge in [-0.3, -0.25) is 0 Å². The van der Waals surface area contributed by atoms with E-state index >= 15 is 0 Å². The van der Waals surface area contributed by atoms with Crippen LogP contribution < -0.4 is 5.32 Å². The first kappa shape index (κ1) is 17.2. The van der Waals surface area contributed by atoms with Crippen LogP contribution in [0.4, 0.5) is 4.79 Å². The summed E-state index contributed by atoms with van der Waals surface area (Å²) >= 11 is 0. The molecule has 0 aromatic heterocycles. The lowest BCUT2D eigenvalue weighted by Crippen LogP contribution is -2.50. The van der Waals surface area contributed by atoms with Crippen molar-refractivity contribution in [3.05, 3.63) is 0 Å². The number of hydrogen-bond donors (Lipinski definition) is 2. The molecular weight excluding hydrogens is 258 g/mol. The minimum Gasteiger partial charge on any atom is -0.444 e. The quantitative estimate of drug-likeness (QED) is 0.736. The molecule has 0 aromatic carbocycles. The molecule has 1 rings (SSSR count). The maximum absolute atomic E-state index is 11.9. The Balaban J connectivity index is 2.60. The molecule has 0 unspecified atom stereocenters. The van der Waals surface area contributed by atoms with Crippen molar-refractivity contribution in [2.24, 2.45) is 5.92 Å². The minimum atomic E-state index is -0.714. The van der Waals surface area contributed by atoms with E-state index in [0.29, 0.717) is 18.9 Å². The third-order valence-corrected chi connectivity index (χ3v) is 3.36. The molecule has 0 aromatic rings. The number of amides is 1. The van der Waals surface area contributed by atoms with E-state index in [4.69, 9.17) is 9.47 Å². The van der Waals surface area contributed by atoms with Crippen molar-refractivity contribution in [3.63, 3.8) is 0 Å². The van der Waals surface area contributed by atoms with Crippen LogP contribution in [0.15, 0.2) is 0 Å². The number of ether oxygens (including phenoxy) is 2. The van der Waals surface area contributed by atoms with Crippen LogP contribution in [-0.4, -0.2) is 41.2 Å². The molecule has 1 aliphatic rings. The lowest BCUT2D eigenvalue weighted by molar-refractivity contribution is 0.0241. The zero-order valence-corrected chi connectivity index (χ0v) is 13.5. The van der Waals surface area contributed by atoms with Gasteiger partial charge in [0.25, 0.3) is 0 Å². The average Bonchev–Trinajstić information content (AvgIpc) is 3.00. The highest BCUT2D eigenvalue weighted by atomic mass is 16.6. The van der Waals surface area contributed by atoms with Crippen LogP contribution >= 0.6 is 0 Å². The fraction of sp³-hybridized carbons (Fsp3) is 0.933. The molecule has 3 atom stereocenters. The first-order chi connectivity index (χ1) is 9.03. The Morgan fingerprint density at radius 2 is 1.95 bits per heavy atom. The molecule has 118 valence electrons. The number of aliphatic hydroxyl groups is 1. The Morgan fingerprint density at radius 1 is 1.40 bits per heavy atom. The van der Waals surface area contributed by atoms with Gasteiger partial charge in [0.2, 0.25) is 0 Å². The van der Waals surface area contributed by atoms with Crippen LogP contribution in [0.25, 0.3) is 0 Å². The molecule has 2 N–H and O–H groups in total. The van der Waals surface area contributed by atoms with Gasteiger partial charge in [-0.05, 0) is 46.5 Å². The number of aliphatic hydroxyl groups excluding tert-OH is 1. The molecular formula is C15H29NO4. The van der Waals surface area contributed by atoms with Gasteiger partial charge in [0.1, 0.15) is 17.3 Å². The summed E-state index contributed by atoms with van der Waals surface area (Å²) in [6.07, 6.45) is 0.424. The van der Waals surface area contributed by atoms with E-state index in [0.717, 1.165) is 6.42 Å². The first-order valence-electron chi connectivity index (χ1n) is 7.35. The maximum Gasteiger partial charge on any atom is 0.407 e. The fourth-order valence-electron chi connectivity index (χ4n) is 1.99. The molecule has 1 saturated heterocycles. The van der Waals surface area contributed by atoms with Gasteiger partial charge in [0.05, 0.1) is 12.6 Å². The standard InChI is InChI=1S/C15H29NO4/c1-10(2)7-8-11(12(17)15(6)9-19-15)16-13(18)20-14(3,4)5/h10-12,17H,7-9H2,1-6H3,(H,16,18)/t11-,12+,15-/m0/s1. The molecule has 0 aliphatic carbocycles. The fourth-order valence-corrected chi connectivity index (χ4v) is 1.99. The highest BCUT2D eigenvalue weighted by molar-refractivity contribution is 5.68.